The average Bonchev–Trinajstić information content (AvgIpc) is 2.99. The summed E-state index contributed by atoms with van der Waals surface area (Å²) in [7, 11) is 0. The van der Waals surface area contributed by atoms with E-state index in [1.165, 1.54) is 11.3 Å². The van der Waals surface area contributed by atoms with Crippen LogP contribution in [-0.2, 0) is 14.3 Å². The zero-order chi connectivity index (χ0) is 16.1. The van der Waals surface area contributed by atoms with E-state index in [0.29, 0.717) is 25.2 Å². The molecule has 7 nitrogen and oxygen atoms in total. The first-order valence-corrected chi connectivity index (χ1v) is 8.74. The Morgan fingerprint density at radius 2 is 2.00 bits per heavy atom. The van der Waals surface area contributed by atoms with Crippen molar-refractivity contribution in [2.24, 2.45) is 5.92 Å². The topological polar surface area (TPSA) is 71.1 Å². The van der Waals surface area contributed by atoms with Crippen LogP contribution >= 0.6 is 0 Å². The van der Waals surface area contributed by atoms with Gasteiger partial charge in [-0.1, -0.05) is 0 Å². The summed E-state index contributed by atoms with van der Waals surface area (Å²) in [6.07, 6.45) is 4.36. The first-order chi connectivity index (χ1) is 11.2. The van der Waals surface area contributed by atoms with Crippen molar-refractivity contribution in [1.82, 2.24) is 15.1 Å². The van der Waals surface area contributed by atoms with Crippen molar-refractivity contribution in [3.8, 4) is 0 Å². The van der Waals surface area contributed by atoms with E-state index in [4.69, 9.17) is 9.47 Å². The molecule has 3 saturated heterocycles. The molecular formula is C16H27N3O4. The largest absolute Gasteiger partial charge is 0.448 e. The van der Waals surface area contributed by atoms with E-state index in [0.717, 1.165) is 52.0 Å². The number of hydrogen-bond acceptors (Lipinski definition) is 5. The number of morpholine rings is 1. The minimum absolute atomic E-state index is 0.0436. The maximum absolute atomic E-state index is 12.3. The highest BCUT2D eigenvalue weighted by Gasteiger charge is 2.29. The third kappa shape index (κ3) is 4.57. The number of rotatable bonds is 5. The van der Waals surface area contributed by atoms with E-state index in [-0.39, 0.29) is 18.5 Å². The van der Waals surface area contributed by atoms with Crippen molar-refractivity contribution in [3.63, 3.8) is 0 Å². The lowest BCUT2D eigenvalue weighted by atomic mass is 9.91. The molecule has 0 aliphatic carbocycles. The third-order valence-electron chi connectivity index (χ3n) is 5.04. The summed E-state index contributed by atoms with van der Waals surface area (Å²) >= 11 is 0. The summed E-state index contributed by atoms with van der Waals surface area (Å²) in [6.45, 7) is 5.42. The molecule has 3 rings (SSSR count). The molecule has 0 spiro atoms. The zero-order valence-electron chi connectivity index (χ0n) is 13.7. The Morgan fingerprint density at radius 3 is 2.65 bits per heavy atom. The summed E-state index contributed by atoms with van der Waals surface area (Å²) in [6, 6.07) is 0. The van der Waals surface area contributed by atoms with Gasteiger partial charge in [-0.05, 0) is 31.6 Å². The number of hydrogen-bond donors (Lipinski definition) is 1. The fraction of sp³-hybridized carbons (Fsp3) is 0.875. The van der Waals surface area contributed by atoms with Gasteiger partial charge in [0, 0.05) is 26.2 Å². The predicted octanol–water partition coefficient (Wildman–Crippen LogP) is 0.446. The fourth-order valence-electron chi connectivity index (χ4n) is 3.53. The molecule has 23 heavy (non-hydrogen) atoms. The second-order valence-corrected chi connectivity index (χ2v) is 6.63. The first kappa shape index (κ1) is 16.5. The van der Waals surface area contributed by atoms with Crippen molar-refractivity contribution in [3.05, 3.63) is 0 Å². The number of likely N-dealkylation sites (tertiary alicyclic amines) is 1. The maximum Gasteiger partial charge on any atom is 0.410 e. The molecule has 130 valence electrons. The Kier molecular flexibility index (Phi) is 5.72. The standard InChI is InChI=1S/C16H27N3O4/c20-15(12-19-8-10-23-16(19)21)18-6-3-13(4-7-18)1-2-14-11-17-5-9-22-14/h13-14,17H,1-12H2. The first-order valence-electron chi connectivity index (χ1n) is 8.74. The Balaban J connectivity index is 1.34. The SMILES string of the molecule is O=C(CN1CCOC1=O)N1CCC(CCC2CNCCO2)CC1. The van der Waals surface area contributed by atoms with Gasteiger partial charge in [0.2, 0.25) is 5.91 Å². The van der Waals surface area contributed by atoms with E-state index in [1.54, 1.807) is 0 Å². The van der Waals surface area contributed by atoms with Gasteiger partial charge in [0.05, 0.1) is 19.3 Å². The minimum Gasteiger partial charge on any atom is -0.448 e. The van der Waals surface area contributed by atoms with Crippen molar-refractivity contribution in [2.75, 3.05) is 52.5 Å². The van der Waals surface area contributed by atoms with E-state index < -0.39 is 0 Å². The van der Waals surface area contributed by atoms with E-state index in [2.05, 4.69) is 5.32 Å². The van der Waals surface area contributed by atoms with Crippen LogP contribution in [0.4, 0.5) is 4.79 Å². The van der Waals surface area contributed by atoms with Crippen LogP contribution in [0.1, 0.15) is 25.7 Å². The van der Waals surface area contributed by atoms with Crippen LogP contribution in [0.25, 0.3) is 0 Å². The highest BCUT2D eigenvalue weighted by molar-refractivity contribution is 5.82. The van der Waals surface area contributed by atoms with Crippen LogP contribution in [0, 0.1) is 5.92 Å². The predicted molar refractivity (Wildman–Crippen MR) is 84.1 cm³/mol. The molecule has 1 unspecified atom stereocenters. The van der Waals surface area contributed by atoms with Crippen LogP contribution in [0.5, 0.6) is 0 Å². The van der Waals surface area contributed by atoms with E-state index in [1.807, 2.05) is 4.90 Å². The normalized spacial score (nSPS) is 26.4. The number of amides is 2. The molecule has 7 heteroatoms. The zero-order valence-corrected chi connectivity index (χ0v) is 13.7. The Bertz CT molecular complexity index is 418. The van der Waals surface area contributed by atoms with Gasteiger partial charge in [-0.15, -0.1) is 0 Å². The van der Waals surface area contributed by atoms with Crippen LogP contribution in [0.2, 0.25) is 0 Å². The molecule has 3 aliphatic rings. The number of cyclic esters (lactones) is 1. The second-order valence-electron chi connectivity index (χ2n) is 6.63. The summed E-state index contributed by atoms with van der Waals surface area (Å²) in [5.74, 6) is 0.725. The molecule has 0 bridgehead atoms. The molecular weight excluding hydrogens is 298 g/mol. The number of ether oxygens (including phenoxy) is 2. The van der Waals surface area contributed by atoms with Crippen LogP contribution in [-0.4, -0.2) is 80.4 Å². The van der Waals surface area contributed by atoms with Crippen LogP contribution in [0.15, 0.2) is 0 Å². The van der Waals surface area contributed by atoms with Gasteiger partial charge in [0.15, 0.2) is 0 Å². The average molecular weight is 325 g/mol. The molecule has 0 saturated carbocycles. The molecule has 0 aromatic rings. The van der Waals surface area contributed by atoms with Crippen molar-refractivity contribution in [1.29, 1.82) is 0 Å². The quantitative estimate of drug-likeness (QED) is 0.794. The number of piperidine rings is 1. The molecule has 1 N–H and O–H groups in total. The number of carbonyl (C=O) groups excluding carboxylic acids is 2. The molecule has 0 aromatic carbocycles. The van der Waals surface area contributed by atoms with E-state index in [9.17, 15) is 9.59 Å². The molecule has 0 aromatic heterocycles. The van der Waals surface area contributed by atoms with Crippen molar-refractivity contribution in [2.45, 2.75) is 31.8 Å². The smallest absolute Gasteiger partial charge is 0.410 e. The summed E-state index contributed by atoms with van der Waals surface area (Å²) in [5.41, 5.74) is 0. The van der Waals surface area contributed by atoms with Gasteiger partial charge in [-0.2, -0.15) is 0 Å². The fourth-order valence-corrected chi connectivity index (χ4v) is 3.53. The summed E-state index contributed by atoms with van der Waals surface area (Å²) < 4.78 is 10.6. The molecule has 3 heterocycles. The maximum atomic E-state index is 12.3. The Labute approximate surface area is 137 Å². The summed E-state index contributed by atoms with van der Waals surface area (Å²) in [4.78, 5) is 27.0. The second kappa shape index (κ2) is 7.97. The van der Waals surface area contributed by atoms with Crippen LogP contribution in [0.3, 0.4) is 0 Å². The third-order valence-corrected chi connectivity index (χ3v) is 5.04. The van der Waals surface area contributed by atoms with Gasteiger partial charge in [-0.25, -0.2) is 4.79 Å². The van der Waals surface area contributed by atoms with Crippen molar-refractivity contribution >= 4 is 12.0 Å². The molecule has 1 atom stereocenters. The number of nitrogens with one attached hydrogen (secondary N) is 1. The Morgan fingerprint density at radius 1 is 1.17 bits per heavy atom. The highest BCUT2D eigenvalue weighted by atomic mass is 16.6. The molecule has 3 aliphatic heterocycles. The molecule has 2 amide bonds. The lowest BCUT2D eigenvalue weighted by molar-refractivity contribution is -0.133. The lowest BCUT2D eigenvalue weighted by Gasteiger charge is -2.33. The number of carbonyl (C=O) groups is 2. The van der Waals surface area contributed by atoms with Crippen molar-refractivity contribution < 1.29 is 19.1 Å². The highest BCUT2D eigenvalue weighted by Crippen LogP contribution is 2.23. The van der Waals surface area contributed by atoms with E-state index >= 15 is 0 Å². The van der Waals surface area contributed by atoms with Crippen LogP contribution < -0.4 is 5.32 Å². The van der Waals surface area contributed by atoms with Gasteiger partial charge >= 0.3 is 6.09 Å². The Hall–Kier alpha value is -1.34. The van der Waals surface area contributed by atoms with Gasteiger partial charge < -0.3 is 19.7 Å². The monoisotopic (exact) mass is 325 g/mol. The van der Waals surface area contributed by atoms with Gasteiger partial charge in [0.25, 0.3) is 0 Å². The molecule has 0 radical (unpaired) electrons. The van der Waals surface area contributed by atoms with Gasteiger partial charge in [0.1, 0.15) is 13.2 Å². The summed E-state index contributed by atoms with van der Waals surface area (Å²) in [5, 5.41) is 3.36. The lowest BCUT2D eigenvalue weighted by Crippen LogP contribution is -2.44. The number of nitrogens with zero attached hydrogens (tertiary/aromatic N) is 2. The van der Waals surface area contributed by atoms with Gasteiger partial charge in [-0.3, -0.25) is 9.69 Å². The minimum atomic E-state index is -0.366. The molecule has 3 fully saturated rings.